The van der Waals surface area contributed by atoms with Crippen LogP contribution in [0.3, 0.4) is 0 Å². The average molecular weight is 405 g/mol. The number of aliphatic hydroxyl groups excluding tert-OH is 1. The van der Waals surface area contributed by atoms with Gasteiger partial charge < -0.3 is 42.7 Å². The molecule has 4 atom stereocenters. The Hall–Kier alpha value is -3.26. The Morgan fingerprint density at radius 2 is 1.54 bits per heavy atom. The lowest BCUT2D eigenvalue weighted by Crippen LogP contribution is -2.57. The summed E-state index contributed by atoms with van der Waals surface area (Å²) in [5, 5.41) is 33.2. The summed E-state index contributed by atoms with van der Waals surface area (Å²) < 4.78 is 0. The first kappa shape index (κ1) is 24.7. The monoisotopic (exact) mass is 405 g/mol. The van der Waals surface area contributed by atoms with E-state index >= 15 is 0 Å². The Kier molecular flexibility index (Phi) is 10.1. The predicted molar refractivity (Wildman–Crippen MR) is 90.2 cm³/mol. The first-order valence-corrected chi connectivity index (χ1v) is 7.89. The number of hydrogen-bond acceptors (Lipinski definition) is 8. The van der Waals surface area contributed by atoms with Crippen molar-refractivity contribution in [1.82, 2.24) is 16.0 Å². The maximum atomic E-state index is 12.1. The molecule has 0 aliphatic rings. The molecule has 4 unspecified atom stereocenters. The number of amides is 4. The highest BCUT2D eigenvalue weighted by molar-refractivity contribution is 5.94. The molecule has 10 N–H and O–H groups in total. The molecule has 14 nitrogen and oxygen atoms in total. The van der Waals surface area contributed by atoms with Crippen LogP contribution in [0.1, 0.15) is 19.8 Å². The van der Waals surface area contributed by atoms with E-state index in [4.69, 9.17) is 21.7 Å². The third kappa shape index (κ3) is 9.44. The number of rotatable bonds is 12. The summed E-state index contributed by atoms with van der Waals surface area (Å²) in [6, 6.07) is -4.62. The van der Waals surface area contributed by atoms with Crippen molar-refractivity contribution < 1.29 is 44.1 Å². The number of carbonyl (C=O) groups is 6. The fourth-order valence-corrected chi connectivity index (χ4v) is 1.87. The van der Waals surface area contributed by atoms with Crippen LogP contribution >= 0.6 is 0 Å². The first-order valence-electron chi connectivity index (χ1n) is 7.89. The van der Waals surface area contributed by atoms with Crippen molar-refractivity contribution >= 4 is 35.6 Å². The van der Waals surface area contributed by atoms with Gasteiger partial charge in [-0.25, -0.2) is 4.79 Å². The summed E-state index contributed by atoms with van der Waals surface area (Å²) in [6.45, 7) is 0.419. The minimum absolute atomic E-state index is 0.664. The molecular formula is C14H23N5O9. The van der Waals surface area contributed by atoms with Gasteiger partial charge in [0.05, 0.1) is 31.5 Å². The summed E-state index contributed by atoms with van der Waals surface area (Å²) in [7, 11) is 0. The van der Waals surface area contributed by atoms with Gasteiger partial charge in [-0.3, -0.25) is 24.0 Å². The second-order valence-electron chi connectivity index (χ2n) is 5.78. The fraction of sp³-hybridized carbons (Fsp3) is 0.571. The Bertz CT molecular complexity index is 637. The minimum atomic E-state index is -1.59. The SMILES string of the molecule is CC(O)C(NC(=O)C(N)CC(=O)O)C(=O)NCC(=O)NC(CC(N)=O)C(=O)O. The average Bonchev–Trinajstić information content (AvgIpc) is 2.55. The summed E-state index contributed by atoms with van der Waals surface area (Å²) in [5.74, 6) is -6.82. The smallest absolute Gasteiger partial charge is 0.326 e. The molecule has 0 spiro atoms. The Balaban J connectivity index is 4.78. The summed E-state index contributed by atoms with van der Waals surface area (Å²) >= 11 is 0. The number of carboxylic acid groups (broad SMARTS) is 2. The Morgan fingerprint density at radius 3 is 1.96 bits per heavy atom. The molecule has 0 bridgehead atoms. The molecule has 0 radical (unpaired) electrons. The van der Waals surface area contributed by atoms with Crippen LogP contribution in [0.5, 0.6) is 0 Å². The topological polar surface area (TPSA) is 251 Å². The molecule has 14 heteroatoms. The Labute approximate surface area is 158 Å². The van der Waals surface area contributed by atoms with E-state index in [1.165, 1.54) is 0 Å². The molecular weight excluding hydrogens is 382 g/mol. The highest BCUT2D eigenvalue weighted by Gasteiger charge is 2.29. The van der Waals surface area contributed by atoms with E-state index in [9.17, 15) is 33.9 Å². The molecule has 0 aliphatic heterocycles. The van der Waals surface area contributed by atoms with Crippen molar-refractivity contribution in [1.29, 1.82) is 0 Å². The third-order valence-electron chi connectivity index (χ3n) is 3.26. The van der Waals surface area contributed by atoms with Gasteiger partial charge in [0.2, 0.25) is 23.6 Å². The van der Waals surface area contributed by atoms with Gasteiger partial charge in [0.15, 0.2) is 0 Å². The van der Waals surface area contributed by atoms with Crippen LogP contribution in [-0.4, -0.2) is 81.7 Å². The van der Waals surface area contributed by atoms with Gasteiger partial charge in [0.25, 0.3) is 0 Å². The zero-order valence-corrected chi connectivity index (χ0v) is 14.9. The number of primary amides is 1. The number of carbonyl (C=O) groups excluding carboxylic acids is 4. The predicted octanol–water partition coefficient (Wildman–Crippen LogP) is -4.78. The summed E-state index contributed by atoms with van der Waals surface area (Å²) in [5.41, 5.74) is 10.2. The van der Waals surface area contributed by atoms with Crippen LogP contribution in [0.4, 0.5) is 0 Å². The maximum absolute atomic E-state index is 12.1. The number of nitrogens with two attached hydrogens (primary N) is 2. The normalized spacial score (nSPS) is 14.7. The molecule has 0 aromatic rings. The quantitative estimate of drug-likeness (QED) is 0.154. The molecule has 0 aromatic heterocycles. The molecule has 4 amide bonds. The molecule has 0 aromatic carbocycles. The number of carboxylic acids is 2. The van der Waals surface area contributed by atoms with E-state index < -0.39 is 79.2 Å². The lowest BCUT2D eigenvalue weighted by molar-refractivity contribution is -0.143. The van der Waals surface area contributed by atoms with Crippen LogP contribution in [0.15, 0.2) is 0 Å². The van der Waals surface area contributed by atoms with Crippen molar-refractivity contribution in [2.24, 2.45) is 11.5 Å². The summed E-state index contributed by atoms with van der Waals surface area (Å²) in [4.78, 5) is 67.8. The number of hydrogen-bond donors (Lipinski definition) is 8. The zero-order valence-electron chi connectivity index (χ0n) is 14.9. The Morgan fingerprint density at radius 1 is 0.964 bits per heavy atom. The zero-order chi connectivity index (χ0) is 22.0. The van der Waals surface area contributed by atoms with Crippen LogP contribution in [0.2, 0.25) is 0 Å². The van der Waals surface area contributed by atoms with E-state index in [1.54, 1.807) is 0 Å². The highest BCUT2D eigenvalue weighted by atomic mass is 16.4. The molecule has 0 saturated heterocycles. The van der Waals surface area contributed by atoms with Crippen LogP contribution in [-0.2, 0) is 28.8 Å². The molecule has 0 rings (SSSR count). The largest absolute Gasteiger partial charge is 0.481 e. The molecule has 0 aliphatic carbocycles. The van der Waals surface area contributed by atoms with E-state index in [0.717, 1.165) is 6.92 Å². The van der Waals surface area contributed by atoms with Gasteiger partial charge >= 0.3 is 11.9 Å². The van der Waals surface area contributed by atoms with Crippen molar-refractivity contribution in [3.63, 3.8) is 0 Å². The van der Waals surface area contributed by atoms with Gasteiger partial charge in [0.1, 0.15) is 12.1 Å². The van der Waals surface area contributed by atoms with Gasteiger partial charge in [-0.1, -0.05) is 0 Å². The molecule has 0 fully saturated rings. The van der Waals surface area contributed by atoms with Crippen LogP contribution in [0, 0.1) is 0 Å². The standard InChI is InChI=1S/C14H23N5O9/c1-5(20)11(19-12(25)6(15)2-10(23)24)13(26)17-4-9(22)18-7(14(27)28)3-8(16)21/h5-7,11,20H,2-4,15H2,1H3,(H2,16,21)(H,17,26)(H,18,22)(H,19,25)(H,23,24)(H,27,28). The molecule has 158 valence electrons. The van der Waals surface area contributed by atoms with Gasteiger partial charge in [-0.2, -0.15) is 0 Å². The van der Waals surface area contributed by atoms with Gasteiger partial charge in [-0.05, 0) is 6.92 Å². The van der Waals surface area contributed by atoms with Crippen molar-refractivity contribution in [3.8, 4) is 0 Å². The van der Waals surface area contributed by atoms with Crippen molar-refractivity contribution in [2.45, 2.75) is 44.0 Å². The third-order valence-corrected chi connectivity index (χ3v) is 3.26. The van der Waals surface area contributed by atoms with E-state index in [1.807, 2.05) is 5.32 Å². The molecule has 0 saturated carbocycles. The number of nitrogens with one attached hydrogen (secondary N) is 3. The fourth-order valence-electron chi connectivity index (χ4n) is 1.87. The molecule has 28 heavy (non-hydrogen) atoms. The molecule has 0 heterocycles. The first-order chi connectivity index (χ1) is 12.8. The van der Waals surface area contributed by atoms with Crippen LogP contribution < -0.4 is 27.4 Å². The second kappa shape index (κ2) is 11.5. The van der Waals surface area contributed by atoms with Crippen LogP contribution in [0.25, 0.3) is 0 Å². The van der Waals surface area contributed by atoms with E-state index in [0.29, 0.717) is 0 Å². The number of aliphatic carboxylic acids is 2. The van der Waals surface area contributed by atoms with Crippen molar-refractivity contribution in [3.05, 3.63) is 0 Å². The van der Waals surface area contributed by atoms with Crippen molar-refractivity contribution in [2.75, 3.05) is 6.54 Å². The lowest BCUT2D eigenvalue weighted by atomic mass is 10.1. The van der Waals surface area contributed by atoms with Gasteiger partial charge in [0, 0.05) is 0 Å². The van der Waals surface area contributed by atoms with E-state index in [-0.39, 0.29) is 0 Å². The lowest BCUT2D eigenvalue weighted by Gasteiger charge is -2.22. The van der Waals surface area contributed by atoms with E-state index in [2.05, 4.69) is 10.6 Å². The second-order valence-corrected chi connectivity index (χ2v) is 5.78. The highest BCUT2D eigenvalue weighted by Crippen LogP contribution is 1.97. The minimum Gasteiger partial charge on any atom is -0.481 e. The summed E-state index contributed by atoms with van der Waals surface area (Å²) in [6.07, 6.45) is -2.80. The van der Waals surface area contributed by atoms with Gasteiger partial charge in [-0.15, -0.1) is 0 Å². The maximum Gasteiger partial charge on any atom is 0.326 e. The number of aliphatic hydroxyl groups is 1.